The molecule has 1 saturated carbocycles. The molecule has 2 atom stereocenters. The maximum Gasteiger partial charge on any atom is 0.157 e. The first-order valence-corrected chi connectivity index (χ1v) is 7.97. The molecule has 0 heterocycles. The molecule has 1 aliphatic carbocycles. The number of rotatable bonds is 5. The highest BCUT2D eigenvalue weighted by Gasteiger charge is 2.30. The number of nitrogens with two attached hydrogens (primary N) is 1. The molecular formula is C12H25NO3S. The third kappa shape index (κ3) is 3.93. The van der Waals surface area contributed by atoms with Crippen LogP contribution in [0.25, 0.3) is 0 Å². The topological polar surface area (TPSA) is 69.4 Å². The van der Waals surface area contributed by atoms with Gasteiger partial charge in [-0.1, -0.05) is 6.42 Å². The standard InChI is InChI=1S/C12H25NO3S/c1-12(2,3)17(14,15)8-7-16-11-6-4-5-10(11)9-13/h10-11H,4-9,13H2,1-3H3. The van der Waals surface area contributed by atoms with Gasteiger partial charge in [-0.3, -0.25) is 0 Å². The Morgan fingerprint density at radius 2 is 1.94 bits per heavy atom. The van der Waals surface area contributed by atoms with E-state index in [1.807, 2.05) is 0 Å². The van der Waals surface area contributed by atoms with Crippen LogP contribution in [-0.2, 0) is 14.6 Å². The zero-order valence-electron chi connectivity index (χ0n) is 11.1. The van der Waals surface area contributed by atoms with Gasteiger partial charge in [-0.2, -0.15) is 0 Å². The van der Waals surface area contributed by atoms with Crippen molar-refractivity contribution in [3.63, 3.8) is 0 Å². The van der Waals surface area contributed by atoms with Crippen molar-refractivity contribution >= 4 is 9.84 Å². The summed E-state index contributed by atoms with van der Waals surface area (Å²) in [5.74, 6) is 0.511. The minimum absolute atomic E-state index is 0.101. The Hall–Kier alpha value is -0.130. The SMILES string of the molecule is CC(C)(C)S(=O)(=O)CCOC1CCCC1CN. The smallest absolute Gasteiger partial charge is 0.157 e. The molecule has 0 radical (unpaired) electrons. The fourth-order valence-electron chi connectivity index (χ4n) is 2.11. The van der Waals surface area contributed by atoms with Crippen LogP contribution in [0.3, 0.4) is 0 Å². The Kier molecular flexibility index (Phi) is 4.98. The lowest BCUT2D eigenvalue weighted by Crippen LogP contribution is -2.33. The van der Waals surface area contributed by atoms with Gasteiger partial charge in [-0.05, 0) is 46.1 Å². The second-order valence-corrected chi connectivity index (χ2v) is 8.63. The molecule has 2 unspecified atom stereocenters. The van der Waals surface area contributed by atoms with Gasteiger partial charge < -0.3 is 10.5 Å². The van der Waals surface area contributed by atoms with Gasteiger partial charge in [0.05, 0.1) is 23.2 Å². The summed E-state index contributed by atoms with van der Waals surface area (Å²) >= 11 is 0. The van der Waals surface area contributed by atoms with E-state index in [1.165, 1.54) is 0 Å². The zero-order valence-corrected chi connectivity index (χ0v) is 11.9. The van der Waals surface area contributed by atoms with Crippen molar-refractivity contribution in [1.29, 1.82) is 0 Å². The molecule has 1 fully saturated rings. The lowest BCUT2D eigenvalue weighted by molar-refractivity contribution is 0.0397. The summed E-state index contributed by atoms with van der Waals surface area (Å²) in [5, 5.41) is 0. The summed E-state index contributed by atoms with van der Waals surface area (Å²) in [5.41, 5.74) is 5.65. The van der Waals surface area contributed by atoms with Crippen LogP contribution in [0.4, 0.5) is 0 Å². The highest BCUT2D eigenvalue weighted by atomic mass is 32.2. The lowest BCUT2D eigenvalue weighted by Gasteiger charge is -2.22. The van der Waals surface area contributed by atoms with E-state index in [0.29, 0.717) is 19.1 Å². The van der Waals surface area contributed by atoms with Crippen molar-refractivity contribution in [2.24, 2.45) is 11.7 Å². The van der Waals surface area contributed by atoms with Crippen molar-refractivity contribution in [1.82, 2.24) is 0 Å². The quantitative estimate of drug-likeness (QED) is 0.812. The molecule has 0 spiro atoms. The van der Waals surface area contributed by atoms with E-state index in [1.54, 1.807) is 20.8 Å². The van der Waals surface area contributed by atoms with Crippen molar-refractivity contribution < 1.29 is 13.2 Å². The van der Waals surface area contributed by atoms with Gasteiger partial charge in [-0.15, -0.1) is 0 Å². The van der Waals surface area contributed by atoms with Gasteiger partial charge in [-0.25, -0.2) is 8.42 Å². The van der Waals surface area contributed by atoms with Crippen molar-refractivity contribution in [2.45, 2.75) is 50.9 Å². The summed E-state index contributed by atoms with van der Waals surface area (Å²) in [6.45, 7) is 6.10. The normalized spacial score (nSPS) is 26.4. The average molecular weight is 263 g/mol. The molecule has 5 heteroatoms. The molecule has 1 aliphatic rings. The molecule has 0 aromatic rings. The van der Waals surface area contributed by atoms with E-state index in [9.17, 15) is 8.42 Å². The monoisotopic (exact) mass is 263 g/mol. The minimum atomic E-state index is -3.07. The van der Waals surface area contributed by atoms with E-state index in [-0.39, 0.29) is 11.9 Å². The Balaban J connectivity index is 2.38. The van der Waals surface area contributed by atoms with E-state index in [0.717, 1.165) is 19.3 Å². The zero-order chi connectivity index (χ0) is 13.1. The first-order chi connectivity index (χ1) is 7.78. The Labute approximate surface area is 105 Å². The molecule has 0 aromatic heterocycles. The maximum atomic E-state index is 11.9. The Bertz CT molecular complexity index is 332. The summed E-state index contributed by atoms with van der Waals surface area (Å²) in [6.07, 6.45) is 3.42. The first-order valence-electron chi connectivity index (χ1n) is 6.32. The maximum absolute atomic E-state index is 11.9. The van der Waals surface area contributed by atoms with Crippen LogP contribution in [0, 0.1) is 5.92 Å². The molecule has 0 aromatic carbocycles. The highest BCUT2D eigenvalue weighted by Crippen LogP contribution is 2.27. The van der Waals surface area contributed by atoms with Crippen LogP contribution >= 0.6 is 0 Å². The number of hydrogen-bond donors (Lipinski definition) is 1. The molecule has 1 rings (SSSR count). The summed E-state index contributed by atoms with van der Waals surface area (Å²) in [7, 11) is -3.07. The molecule has 17 heavy (non-hydrogen) atoms. The van der Waals surface area contributed by atoms with Gasteiger partial charge >= 0.3 is 0 Å². The summed E-state index contributed by atoms with van der Waals surface area (Å²) in [6, 6.07) is 0. The van der Waals surface area contributed by atoms with Crippen LogP contribution in [0.1, 0.15) is 40.0 Å². The lowest BCUT2D eigenvalue weighted by atomic mass is 10.1. The summed E-state index contributed by atoms with van der Waals surface area (Å²) < 4.78 is 28.7. The second kappa shape index (κ2) is 5.67. The molecule has 0 saturated heterocycles. The predicted octanol–water partition coefficient (Wildman–Crippen LogP) is 1.34. The van der Waals surface area contributed by atoms with E-state index >= 15 is 0 Å². The molecular weight excluding hydrogens is 238 g/mol. The molecule has 102 valence electrons. The number of hydrogen-bond acceptors (Lipinski definition) is 4. The fraction of sp³-hybridized carbons (Fsp3) is 1.00. The minimum Gasteiger partial charge on any atom is -0.377 e. The van der Waals surface area contributed by atoms with Crippen LogP contribution < -0.4 is 5.73 Å². The number of sulfone groups is 1. The van der Waals surface area contributed by atoms with Crippen LogP contribution in [0.2, 0.25) is 0 Å². The van der Waals surface area contributed by atoms with Crippen molar-refractivity contribution in [3.8, 4) is 0 Å². The predicted molar refractivity (Wildman–Crippen MR) is 69.7 cm³/mol. The van der Waals surface area contributed by atoms with Crippen LogP contribution in [0.5, 0.6) is 0 Å². The van der Waals surface area contributed by atoms with Crippen molar-refractivity contribution in [2.75, 3.05) is 18.9 Å². The van der Waals surface area contributed by atoms with Gasteiger partial charge in [0, 0.05) is 0 Å². The molecule has 2 N–H and O–H groups in total. The molecule has 0 bridgehead atoms. The Morgan fingerprint density at radius 1 is 1.29 bits per heavy atom. The summed E-state index contributed by atoms with van der Waals surface area (Å²) in [4.78, 5) is 0. The van der Waals surface area contributed by atoms with Crippen LogP contribution in [-0.4, -0.2) is 38.2 Å². The van der Waals surface area contributed by atoms with Crippen LogP contribution in [0.15, 0.2) is 0 Å². The second-order valence-electron chi connectivity index (χ2n) is 5.77. The Morgan fingerprint density at radius 3 is 2.47 bits per heavy atom. The van der Waals surface area contributed by atoms with E-state index in [2.05, 4.69) is 0 Å². The van der Waals surface area contributed by atoms with Crippen molar-refractivity contribution in [3.05, 3.63) is 0 Å². The number of ether oxygens (including phenoxy) is 1. The molecule has 4 nitrogen and oxygen atoms in total. The van der Waals surface area contributed by atoms with Gasteiger partial charge in [0.2, 0.25) is 0 Å². The van der Waals surface area contributed by atoms with E-state index in [4.69, 9.17) is 10.5 Å². The molecule has 0 amide bonds. The highest BCUT2D eigenvalue weighted by molar-refractivity contribution is 7.92. The third-order valence-corrected chi connectivity index (χ3v) is 6.08. The first kappa shape index (κ1) is 14.9. The third-order valence-electron chi connectivity index (χ3n) is 3.51. The van der Waals surface area contributed by atoms with Gasteiger partial charge in [0.25, 0.3) is 0 Å². The van der Waals surface area contributed by atoms with Gasteiger partial charge in [0.15, 0.2) is 9.84 Å². The van der Waals surface area contributed by atoms with Gasteiger partial charge in [0.1, 0.15) is 0 Å². The molecule has 0 aliphatic heterocycles. The largest absolute Gasteiger partial charge is 0.377 e. The van der Waals surface area contributed by atoms with E-state index < -0.39 is 14.6 Å². The average Bonchev–Trinajstić information content (AvgIpc) is 2.63. The fourth-order valence-corrected chi connectivity index (χ4v) is 3.04.